The van der Waals surface area contributed by atoms with Gasteiger partial charge in [0.1, 0.15) is 24.0 Å². The number of nitrogens with zero attached hydrogens (tertiary/aromatic N) is 4. The fourth-order valence-electron chi connectivity index (χ4n) is 1.58. The minimum absolute atomic E-state index is 0.151. The van der Waals surface area contributed by atoms with E-state index in [9.17, 15) is 13.2 Å². The third kappa shape index (κ3) is 2.98. The molecule has 2 heterocycles. The lowest BCUT2D eigenvalue weighted by molar-refractivity contribution is -0.143. The van der Waals surface area contributed by atoms with Crippen molar-refractivity contribution in [1.82, 2.24) is 15.0 Å². The third-order valence-electron chi connectivity index (χ3n) is 2.57. The van der Waals surface area contributed by atoms with E-state index in [-0.39, 0.29) is 11.6 Å². The predicted molar refractivity (Wildman–Crippen MR) is 63.9 cm³/mol. The van der Waals surface area contributed by atoms with Gasteiger partial charge in [0.05, 0.1) is 0 Å². The molecule has 0 aromatic carbocycles. The Morgan fingerprint density at radius 2 is 1.79 bits per heavy atom. The molecule has 4 nitrogen and oxygen atoms in total. The summed E-state index contributed by atoms with van der Waals surface area (Å²) in [5.74, 6) is 0.338. The molecule has 0 aliphatic heterocycles. The van der Waals surface area contributed by atoms with E-state index in [1.54, 1.807) is 12.1 Å². The molecular weight excluding hydrogens is 257 g/mol. The van der Waals surface area contributed by atoms with Gasteiger partial charge in [-0.25, -0.2) is 15.0 Å². The predicted octanol–water partition coefficient (Wildman–Crippen LogP) is 2.96. The van der Waals surface area contributed by atoms with Crippen molar-refractivity contribution < 1.29 is 13.2 Å². The highest BCUT2D eigenvalue weighted by molar-refractivity contribution is 5.56. The van der Waals surface area contributed by atoms with Gasteiger partial charge in [0.25, 0.3) is 0 Å². The molecular formula is C12H11F3N4. The van der Waals surface area contributed by atoms with Gasteiger partial charge in [-0.1, -0.05) is 6.07 Å². The quantitative estimate of drug-likeness (QED) is 0.858. The lowest BCUT2D eigenvalue weighted by atomic mass is 10.2. The number of rotatable bonds is 3. The van der Waals surface area contributed by atoms with Gasteiger partial charge in [-0.15, -0.1) is 0 Å². The van der Waals surface area contributed by atoms with Gasteiger partial charge >= 0.3 is 6.18 Å². The number of pyridine rings is 1. The zero-order valence-electron chi connectivity index (χ0n) is 10.0. The Balaban J connectivity index is 2.46. The number of aromatic nitrogens is 3. The monoisotopic (exact) mass is 268 g/mol. The Hall–Kier alpha value is -2.18. The Kier molecular flexibility index (Phi) is 3.64. The van der Waals surface area contributed by atoms with Crippen LogP contribution in [0, 0.1) is 0 Å². The summed E-state index contributed by atoms with van der Waals surface area (Å²) in [4.78, 5) is 12.6. The smallest absolute Gasteiger partial charge is 0.299 e. The van der Waals surface area contributed by atoms with E-state index in [0.717, 1.165) is 11.8 Å². The van der Waals surface area contributed by atoms with Crippen molar-refractivity contribution in [2.24, 2.45) is 0 Å². The van der Waals surface area contributed by atoms with Crippen LogP contribution in [0.2, 0.25) is 0 Å². The summed E-state index contributed by atoms with van der Waals surface area (Å²) < 4.78 is 38.9. The van der Waals surface area contributed by atoms with Crippen molar-refractivity contribution in [2.75, 3.05) is 4.90 Å². The fraction of sp³-hybridized carbons (Fsp3) is 0.250. The molecule has 0 fully saturated rings. The fourth-order valence-corrected chi connectivity index (χ4v) is 1.58. The van der Waals surface area contributed by atoms with Crippen LogP contribution >= 0.6 is 0 Å². The summed E-state index contributed by atoms with van der Waals surface area (Å²) in [7, 11) is 0. The van der Waals surface area contributed by atoms with Crippen molar-refractivity contribution >= 4 is 11.6 Å². The first-order valence-electron chi connectivity index (χ1n) is 5.53. The molecule has 0 spiro atoms. The van der Waals surface area contributed by atoms with E-state index in [4.69, 9.17) is 0 Å². The molecule has 2 aromatic heterocycles. The molecule has 2 aromatic rings. The Morgan fingerprint density at radius 1 is 1.05 bits per heavy atom. The van der Waals surface area contributed by atoms with Crippen LogP contribution in [0.1, 0.15) is 6.92 Å². The minimum atomic E-state index is -4.39. The van der Waals surface area contributed by atoms with Crippen molar-refractivity contribution in [1.29, 1.82) is 0 Å². The largest absolute Gasteiger partial charge is 0.408 e. The molecule has 0 aliphatic carbocycles. The van der Waals surface area contributed by atoms with E-state index in [1.807, 2.05) is 0 Å². The highest BCUT2D eigenvalue weighted by atomic mass is 19.4. The van der Waals surface area contributed by atoms with Gasteiger partial charge in [0.15, 0.2) is 0 Å². The molecule has 7 heteroatoms. The van der Waals surface area contributed by atoms with Crippen molar-refractivity contribution in [2.45, 2.75) is 19.1 Å². The lowest BCUT2D eigenvalue weighted by Crippen LogP contribution is -2.41. The molecule has 0 N–H and O–H groups in total. The standard InChI is InChI=1S/C12H11F3N4/c1-9(12(13,14)15)19(10-4-2-3-6-17-10)11-5-7-16-8-18-11/h2-9H,1H3/t9-/m0/s1. The summed E-state index contributed by atoms with van der Waals surface area (Å²) in [5, 5.41) is 0. The second-order valence-corrected chi connectivity index (χ2v) is 3.84. The molecule has 0 saturated heterocycles. The maximum atomic E-state index is 13.0. The van der Waals surface area contributed by atoms with E-state index in [0.29, 0.717) is 0 Å². The summed E-state index contributed by atoms with van der Waals surface area (Å²) in [6.07, 6.45) is -0.356. The molecule has 2 rings (SSSR count). The van der Waals surface area contributed by atoms with Crippen molar-refractivity contribution in [3.05, 3.63) is 43.0 Å². The first-order valence-corrected chi connectivity index (χ1v) is 5.53. The molecule has 0 amide bonds. The number of hydrogen-bond donors (Lipinski definition) is 0. The highest BCUT2D eigenvalue weighted by Crippen LogP contribution is 2.32. The Bertz CT molecular complexity index is 476. The van der Waals surface area contributed by atoms with E-state index in [2.05, 4.69) is 15.0 Å². The molecule has 100 valence electrons. The number of alkyl halides is 3. The van der Waals surface area contributed by atoms with Crippen LogP contribution in [-0.2, 0) is 0 Å². The van der Waals surface area contributed by atoms with E-state index in [1.165, 1.54) is 30.9 Å². The third-order valence-corrected chi connectivity index (χ3v) is 2.57. The second-order valence-electron chi connectivity index (χ2n) is 3.84. The Morgan fingerprint density at radius 3 is 2.32 bits per heavy atom. The second kappa shape index (κ2) is 5.21. The van der Waals surface area contributed by atoms with Crippen LogP contribution in [0.5, 0.6) is 0 Å². The molecule has 1 atom stereocenters. The van der Waals surface area contributed by atoms with Crippen molar-refractivity contribution in [3.8, 4) is 0 Å². The van der Waals surface area contributed by atoms with Gasteiger partial charge in [-0.3, -0.25) is 4.90 Å². The maximum Gasteiger partial charge on any atom is 0.408 e. The first-order chi connectivity index (χ1) is 9.00. The molecule has 0 bridgehead atoms. The van der Waals surface area contributed by atoms with Gasteiger partial charge in [0, 0.05) is 12.4 Å². The summed E-state index contributed by atoms with van der Waals surface area (Å²) in [5.41, 5.74) is 0. The number of anilines is 2. The zero-order chi connectivity index (χ0) is 13.9. The van der Waals surface area contributed by atoms with Crippen LogP contribution < -0.4 is 4.90 Å². The molecule has 0 saturated carbocycles. The van der Waals surface area contributed by atoms with Crippen LogP contribution in [0.4, 0.5) is 24.8 Å². The maximum absolute atomic E-state index is 13.0. The lowest BCUT2D eigenvalue weighted by Gasteiger charge is -2.30. The topological polar surface area (TPSA) is 41.9 Å². The van der Waals surface area contributed by atoms with Gasteiger partial charge in [0.2, 0.25) is 0 Å². The average molecular weight is 268 g/mol. The summed E-state index contributed by atoms with van der Waals surface area (Å²) in [6, 6.07) is 4.44. The van der Waals surface area contributed by atoms with E-state index < -0.39 is 12.2 Å². The molecule has 0 aliphatic rings. The average Bonchev–Trinajstić information content (AvgIpc) is 2.40. The number of hydrogen-bond acceptors (Lipinski definition) is 4. The van der Waals surface area contributed by atoms with Crippen molar-refractivity contribution in [3.63, 3.8) is 0 Å². The zero-order valence-corrected chi connectivity index (χ0v) is 10.0. The van der Waals surface area contributed by atoms with E-state index >= 15 is 0 Å². The first kappa shape index (κ1) is 13.3. The van der Waals surface area contributed by atoms with Crippen LogP contribution in [0.25, 0.3) is 0 Å². The Labute approximate surface area is 107 Å². The summed E-state index contributed by atoms with van der Waals surface area (Å²) >= 11 is 0. The normalized spacial score (nSPS) is 13.1. The summed E-state index contributed by atoms with van der Waals surface area (Å²) in [6.45, 7) is 1.07. The van der Waals surface area contributed by atoms with Crippen LogP contribution in [0.3, 0.4) is 0 Å². The molecule has 0 unspecified atom stereocenters. The SMILES string of the molecule is C[C@H](N(c1ccccn1)c1ccncn1)C(F)(F)F. The molecule has 19 heavy (non-hydrogen) atoms. The molecule has 0 radical (unpaired) electrons. The number of halogens is 3. The van der Waals surface area contributed by atoms with Gasteiger partial charge in [-0.2, -0.15) is 13.2 Å². The van der Waals surface area contributed by atoms with Crippen LogP contribution in [-0.4, -0.2) is 27.2 Å². The highest BCUT2D eigenvalue weighted by Gasteiger charge is 2.41. The minimum Gasteiger partial charge on any atom is -0.299 e. The van der Waals surface area contributed by atoms with Gasteiger partial charge < -0.3 is 0 Å². The van der Waals surface area contributed by atoms with Crippen LogP contribution in [0.15, 0.2) is 43.0 Å². The van der Waals surface area contributed by atoms with Gasteiger partial charge in [-0.05, 0) is 25.1 Å².